The Labute approximate surface area is 98.4 Å². The number of hydrogen-bond donors (Lipinski definition) is 2. The SMILES string of the molecule is CC(C)c1ccc2c(c1C(C)C)NCCN2. The quantitative estimate of drug-likeness (QED) is 0.789. The number of anilines is 2. The Balaban J connectivity index is 2.57. The van der Waals surface area contributed by atoms with Gasteiger partial charge in [0.05, 0.1) is 11.4 Å². The lowest BCUT2D eigenvalue weighted by Crippen LogP contribution is -2.22. The first kappa shape index (κ1) is 11.3. The highest BCUT2D eigenvalue weighted by Crippen LogP contribution is 2.38. The average Bonchev–Trinajstić information content (AvgIpc) is 2.27. The van der Waals surface area contributed by atoms with Gasteiger partial charge in [0.25, 0.3) is 0 Å². The second kappa shape index (κ2) is 4.36. The van der Waals surface area contributed by atoms with Crippen molar-refractivity contribution < 1.29 is 0 Å². The molecule has 2 N–H and O–H groups in total. The lowest BCUT2D eigenvalue weighted by molar-refractivity contribution is 0.788. The third kappa shape index (κ3) is 1.89. The van der Waals surface area contributed by atoms with E-state index in [-0.39, 0.29) is 0 Å². The van der Waals surface area contributed by atoms with E-state index in [1.165, 1.54) is 22.5 Å². The van der Waals surface area contributed by atoms with Crippen molar-refractivity contribution in [2.24, 2.45) is 0 Å². The van der Waals surface area contributed by atoms with E-state index < -0.39 is 0 Å². The molecule has 0 atom stereocenters. The molecule has 0 saturated carbocycles. The molecule has 0 unspecified atom stereocenters. The van der Waals surface area contributed by atoms with E-state index in [4.69, 9.17) is 0 Å². The summed E-state index contributed by atoms with van der Waals surface area (Å²) >= 11 is 0. The first-order chi connectivity index (χ1) is 7.61. The Morgan fingerprint density at radius 1 is 0.938 bits per heavy atom. The summed E-state index contributed by atoms with van der Waals surface area (Å²) in [6.45, 7) is 11.1. The summed E-state index contributed by atoms with van der Waals surface area (Å²) in [5, 5.41) is 7.01. The van der Waals surface area contributed by atoms with Crippen molar-refractivity contribution in [3.63, 3.8) is 0 Å². The van der Waals surface area contributed by atoms with Gasteiger partial charge in [-0.15, -0.1) is 0 Å². The van der Waals surface area contributed by atoms with Crippen LogP contribution in [0.4, 0.5) is 11.4 Å². The van der Waals surface area contributed by atoms with Crippen molar-refractivity contribution in [1.29, 1.82) is 0 Å². The van der Waals surface area contributed by atoms with Gasteiger partial charge in [0, 0.05) is 13.1 Å². The standard InChI is InChI=1S/C14H22N2/c1-9(2)11-5-6-12-14(13(11)10(3)4)16-8-7-15-12/h5-6,9-10,15-16H,7-8H2,1-4H3. The van der Waals surface area contributed by atoms with Crippen LogP contribution in [0.3, 0.4) is 0 Å². The van der Waals surface area contributed by atoms with Crippen molar-refractivity contribution >= 4 is 11.4 Å². The minimum absolute atomic E-state index is 0.569. The molecule has 0 saturated heterocycles. The highest BCUT2D eigenvalue weighted by atomic mass is 15.0. The maximum absolute atomic E-state index is 3.55. The molecule has 16 heavy (non-hydrogen) atoms. The number of hydrogen-bond acceptors (Lipinski definition) is 2. The molecule has 0 aromatic heterocycles. The van der Waals surface area contributed by atoms with Crippen LogP contribution in [0.1, 0.15) is 50.7 Å². The predicted molar refractivity (Wildman–Crippen MR) is 71.6 cm³/mol. The minimum atomic E-state index is 0.569. The Kier molecular flexibility index (Phi) is 3.08. The molecule has 0 aliphatic carbocycles. The molecule has 2 heteroatoms. The Hall–Kier alpha value is -1.18. The molecule has 1 aliphatic heterocycles. The molecule has 1 aliphatic rings. The van der Waals surface area contributed by atoms with Gasteiger partial charge in [-0.2, -0.15) is 0 Å². The summed E-state index contributed by atoms with van der Waals surface area (Å²) in [5.41, 5.74) is 5.55. The van der Waals surface area contributed by atoms with Gasteiger partial charge < -0.3 is 10.6 Å². The normalized spacial score (nSPS) is 14.6. The summed E-state index contributed by atoms with van der Waals surface area (Å²) in [6, 6.07) is 4.49. The van der Waals surface area contributed by atoms with Crippen molar-refractivity contribution in [2.75, 3.05) is 23.7 Å². The zero-order valence-corrected chi connectivity index (χ0v) is 10.7. The second-order valence-corrected chi connectivity index (χ2v) is 5.15. The van der Waals surface area contributed by atoms with Gasteiger partial charge in [-0.3, -0.25) is 0 Å². The van der Waals surface area contributed by atoms with Gasteiger partial charge in [-0.25, -0.2) is 0 Å². The lowest BCUT2D eigenvalue weighted by atomic mass is 9.88. The fourth-order valence-corrected chi connectivity index (χ4v) is 2.48. The number of benzene rings is 1. The molecule has 88 valence electrons. The summed E-state index contributed by atoms with van der Waals surface area (Å²) in [7, 11) is 0. The first-order valence-corrected chi connectivity index (χ1v) is 6.25. The Morgan fingerprint density at radius 2 is 1.62 bits per heavy atom. The van der Waals surface area contributed by atoms with Crippen LogP contribution in [0.2, 0.25) is 0 Å². The van der Waals surface area contributed by atoms with E-state index in [0.29, 0.717) is 11.8 Å². The molecule has 2 nitrogen and oxygen atoms in total. The van der Waals surface area contributed by atoms with Crippen LogP contribution in [0, 0.1) is 0 Å². The van der Waals surface area contributed by atoms with Gasteiger partial charge in [0.2, 0.25) is 0 Å². The topological polar surface area (TPSA) is 24.1 Å². The van der Waals surface area contributed by atoms with Crippen LogP contribution in [-0.2, 0) is 0 Å². The van der Waals surface area contributed by atoms with E-state index in [9.17, 15) is 0 Å². The summed E-state index contributed by atoms with van der Waals surface area (Å²) < 4.78 is 0. The zero-order chi connectivity index (χ0) is 11.7. The van der Waals surface area contributed by atoms with Crippen LogP contribution < -0.4 is 10.6 Å². The van der Waals surface area contributed by atoms with E-state index in [2.05, 4.69) is 50.5 Å². The molecule has 0 fully saturated rings. The molecule has 0 bridgehead atoms. The number of rotatable bonds is 2. The van der Waals surface area contributed by atoms with E-state index in [0.717, 1.165) is 13.1 Å². The van der Waals surface area contributed by atoms with Crippen molar-refractivity contribution in [2.45, 2.75) is 39.5 Å². The fraction of sp³-hybridized carbons (Fsp3) is 0.571. The third-order valence-corrected chi connectivity index (χ3v) is 3.22. The van der Waals surface area contributed by atoms with Crippen molar-refractivity contribution in [3.05, 3.63) is 23.3 Å². The fourth-order valence-electron chi connectivity index (χ4n) is 2.48. The third-order valence-electron chi connectivity index (χ3n) is 3.22. The average molecular weight is 218 g/mol. The molecule has 0 amide bonds. The summed E-state index contributed by atoms with van der Waals surface area (Å²) in [5.74, 6) is 1.16. The zero-order valence-electron chi connectivity index (χ0n) is 10.7. The Morgan fingerprint density at radius 3 is 2.25 bits per heavy atom. The van der Waals surface area contributed by atoms with E-state index in [1.54, 1.807) is 0 Å². The van der Waals surface area contributed by atoms with Gasteiger partial charge >= 0.3 is 0 Å². The molecular weight excluding hydrogens is 196 g/mol. The minimum Gasteiger partial charge on any atom is -0.382 e. The highest BCUT2D eigenvalue weighted by Gasteiger charge is 2.19. The van der Waals surface area contributed by atoms with E-state index in [1.807, 2.05) is 0 Å². The van der Waals surface area contributed by atoms with Crippen LogP contribution >= 0.6 is 0 Å². The van der Waals surface area contributed by atoms with Crippen LogP contribution in [-0.4, -0.2) is 13.1 Å². The van der Waals surface area contributed by atoms with Crippen LogP contribution in [0.15, 0.2) is 12.1 Å². The molecule has 0 spiro atoms. The van der Waals surface area contributed by atoms with E-state index >= 15 is 0 Å². The summed E-state index contributed by atoms with van der Waals surface area (Å²) in [4.78, 5) is 0. The second-order valence-electron chi connectivity index (χ2n) is 5.15. The monoisotopic (exact) mass is 218 g/mol. The molecule has 1 heterocycles. The van der Waals surface area contributed by atoms with Crippen molar-refractivity contribution in [3.8, 4) is 0 Å². The van der Waals surface area contributed by atoms with Gasteiger partial charge in [-0.1, -0.05) is 33.8 Å². The van der Waals surface area contributed by atoms with Crippen LogP contribution in [0.25, 0.3) is 0 Å². The Bertz CT molecular complexity index is 381. The molecule has 2 rings (SSSR count). The van der Waals surface area contributed by atoms with Gasteiger partial charge in [0.15, 0.2) is 0 Å². The molecule has 0 radical (unpaired) electrons. The lowest BCUT2D eigenvalue weighted by Gasteiger charge is -2.27. The number of nitrogens with one attached hydrogen (secondary N) is 2. The van der Waals surface area contributed by atoms with Gasteiger partial charge in [-0.05, 0) is 29.0 Å². The molecule has 1 aromatic carbocycles. The molecular formula is C14H22N2. The molecule has 1 aromatic rings. The van der Waals surface area contributed by atoms with Crippen molar-refractivity contribution in [1.82, 2.24) is 0 Å². The summed E-state index contributed by atoms with van der Waals surface area (Å²) in [6.07, 6.45) is 0. The maximum Gasteiger partial charge on any atom is 0.0614 e. The first-order valence-electron chi connectivity index (χ1n) is 6.25. The largest absolute Gasteiger partial charge is 0.382 e. The number of fused-ring (bicyclic) bond motifs is 1. The van der Waals surface area contributed by atoms with Gasteiger partial charge in [0.1, 0.15) is 0 Å². The highest BCUT2D eigenvalue weighted by molar-refractivity contribution is 5.76. The predicted octanol–water partition coefficient (Wildman–Crippen LogP) is 3.77. The smallest absolute Gasteiger partial charge is 0.0614 e. The maximum atomic E-state index is 3.55. The van der Waals surface area contributed by atoms with Crippen LogP contribution in [0.5, 0.6) is 0 Å².